The summed E-state index contributed by atoms with van der Waals surface area (Å²) in [5, 5.41) is 0.296. The zero-order valence-electron chi connectivity index (χ0n) is 8.44. The molecule has 15 heavy (non-hydrogen) atoms. The number of nitrogens with zero attached hydrogens (tertiary/aromatic N) is 1. The zero-order chi connectivity index (χ0) is 10.8. The minimum atomic E-state index is 0.125. The Labute approximate surface area is 102 Å². The number of halogens is 1. The molecule has 1 aromatic rings. The molecule has 1 amide bonds. The highest BCUT2D eigenvalue weighted by Crippen LogP contribution is 2.26. The third kappa shape index (κ3) is 2.21. The van der Waals surface area contributed by atoms with Gasteiger partial charge in [0.1, 0.15) is 0 Å². The van der Waals surface area contributed by atoms with Gasteiger partial charge in [-0.05, 0) is 35.0 Å². The molecule has 0 saturated carbocycles. The van der Waals surface area contributed by atoms with Gasteiger partial charge in [-0.15, -0.1) is 11.8 Å². The first-order valence-corrected chi connectivity index (χ1v) is 6.71. The second-order valence-corrected chi connectivity index (χ2v) is 5.73. The first-order valence-electron chi connectivity index (χ1n) is 4.87. The molecule has 0 aliphatic carbocycles. The summed E-state index contributed by atoms with van der Waals surface area (Å²) < 4.78 is 0.874. The van der Waals surface area contributed by atoms with Crippen LogP contribution in [0.25, 0.3) is 0 Å². The van der Waals surface area contributed by atoms with Crippen molar-refractivity contribution in [2.45, 2.75) is 12.3 Å². The van der Waals surface area contributed by atoms with Gasteiger partial charge in [-0.3, -0.25) is 4.79 Å². The lowest BCUT2D eigenvalue weighted by molar-refractivity contribution is 0.0768. The van der Waals surface area contributed by atoms with Crippen LogP contribution in [0.4, 0.5) is 0 Å². The summed E-state index contributed by atoms with van der Waals surface area (Å²) in [6.45, 7) is 2.93. The zero-order valence-corrected chi connectivity index (χ0v) is 10.8. The minimum Gasteiger partial charge on any atom is -0.326 e. The van der Waals surface area contributed by atoms with Crippen molar-refractivity contribution < 1.29 is 4.79 Å². The van der Waals surface area contributed by atoms with Crippen molar-refractivity contribution >= 4 is 33.6 Å². The average Bonchev–Trinajstić information content (AvgIpc) is 2.64. The van der Waals surface area contributed by atoms with E-state index in [0.717, 1.165) is 22.3 Å². The van der Waals surface area contributed by atoms with Crippen LogP contribution in [0.15, 0.2) is 28.7 Å². The van der Waals surface area contributed by atoms with Crippen molar-refractivity contribution in [3.05, 3.63) is 34.3 Å². The van der Waals surface area contributed by atoms with E-state index in [4.69, 9.17) is 0 Å². The number of hydrogen-bond donors (Lipinski definition) is 0. The Morgan fingerprint density at radius 3 is 2.87 bits per heavy atom. The van der Waals surface area contributed by atoms with Gasteiger partial charge in [0, 0.05) is 16.8 Å². The molecule has 2 rings (SSSR count). The van der Waals surface area contributed by atoms with Crippen LogP contribution in [0, 0.1) is 0 Å². The van der Waals surface area contributed by atoms with Crippen molar-refractivity contribution in [2.75, 3.05) is 12.3 Å². The lowest BCUT2D eigenvalue weighted by Crippen LogP contribution is -2.33. The molecule has 1 aliphatic heterocycles. The van der Waals surface area contributed by atoms with Crippen molar-refractivity contribution in [3.8, 4) is 0 Å². The van der Waals surface area contributed by atoms with Crippen molar-refractivity contribution in [3.63, 3.8) is 0 Å². The molecule has 1 unspecified atom stereocenters. The largest absolute Gasteiger partial charge is 0.326 e. The number of amides is 1. The van der Waals surface area contributed by atoms with Gasteiger partial charge in [-0.2, -0.15) is 0 Å². The maximum atomic E-state index is 12.2. The Morgan fingerprint density at radius 1 is 1.53 bits per heavy atom. The average molecular weight is 286 g/mol. The monoisotopic (exact) mass is 285 g/mol. The summed E-state index contributed by atoms with van der Waals surface area (Å²) in [4.78, 5) is 14.1. The van der Waals surface area contributed by atoms with Crippen molar-refractivity contribution in [2.24, 2.45) is 0 Å². The van der Waals surface area contributed by atoms with Crippen molar-refractivity contribution in [1.82, 2.24) is 4.90 Å². The molecule has 80 valence electrons. The summed E-state index contributed by atoms with van der Waals surface area (Å²) in [7, 11) is 0. The molecule has 0 bridgehead atoms. The predicted octanol–water partition coefficient (Wildman–Crippen LogP) is 2.98. The van der Waals surface area contributed by atoms with Gasteiger partial charge in [0.25, 0.3) is 5.91 Å². The van der Waals surface area contributed by atoms with Gasteiger partial charge in [-0.25, -0.2) is 0 Å². The van der Waals surface area contributed by atoms with Gasteiger partial charge < -0.3 is 4.90 Å². The molecular weight excluding hydrogens is 274 g/mol. The fourth-order valence-corrected chi connectivity index (χ4v) is 3.13. The molecule has 0 radical (unpaired) electrons. The summed E-state index contributed by atoms with van der Waals surface area (Å²) in [5.41, 5.74) is 0.756. The standard InChI is InChI=1S/C11H12BrNOS/c1-8-13(6-7-15-8)11(14)9-4-2-3-5-10(9)12/h2-5,8H,6-7H2,1H3. The second-order valence-electron chi connectivity index (χ2n) is 3.45. The summed E-state index contributed by atoms with van der Waals surface area (Å²) in [6.07, 6.45) is 0. The molecule has 1 fully saturated rings. The van der Waals surface area contributed by atoms with Gasteiger partial charge >= 0.3 is 0 Å². The third-order valence-electron chi connectivity index (χ3n) is 2.50. The highest BCUT2D eigenvalue weighted by atomic mass is 79.9. The first kappa shape index (κ1) is 11.0. The molecule has 0 spiro atoms. The fourth-order valence-electron chi connectivity index (χ4n) is 1.65. The Hall–Kier alpha value is -0.480. The molecule has 1 aliphatic rings. The molecular formula is C11H12BrNOS. The van der Waals surface area contributed by atoms with Gasteiger partial charge in [0.05, 0.1) is 10.9 Å². The van der Waals surface area contributed by atoms with Gasteiger partial charge in [-0.1, -0.05) is 12.1 Å². The van der Waals surface area contributed by atoms with E-state index in [1.54, 1.807) is 0 Å². The van der Waals surface area contributed by atoms with Gasteiger partial charge in [0.2, 0.25) is 0 Å². The number of thioether (sulfide) groups is 1. The normalized spacial score (nSPS) is 20.7. The van der Waals surface area contributed by atoms with E-state index in [9.17, 15) is 4.79 Å². The number of carbonyl (C=O) groups is 1. The van der Waals surface area contributed by atoms with Gasteiger partial charge in [0.15, 0.2) is 0 Å². The Kier molecular flexibility index (Phi) is 3.36. The van der Waals surface area contributed by atoms with E-state index in [2.05, 4.69) is 22.9 Å². The molecule has 0 N–H and O–H groups in total. The molecule has 1 aromatic carbocycles. The van der Waals surface area contributed by atoms with Crippen LogP contribution in [0.5, 0.6) is 0 Å². The second kappa shape index (κ2) is 4.58. The van der Waals surface area contributed by atoms with E-state index in [1.807, 2.05) is 40.9 Å². The maximum absolute atomic E-state index is 12.2. The summed E-state index contributed by atoms with van der Waals surface area (Å²) >= 11 is 5.23. The first-order chi connectivity index (χ1) is 7.20. The van der Waals surface area contributed by atoms with E-state index in [0.29, 0.717) is 5.37 Å². The van der Waals surface area contributed by atoms with Crippen molar-refractivity contribution in [1.29, 1.82) is 0 Å². The van der Waals surface area contributed by atoms with E-state index in [1.165, 1.54) is 0 Å². The van der Waals surface area contributed by atoms with E-state index < -0.39 is 0 Å². The summed E-state index contributed by atoms with van der Waals surface area (Å²) in [5.74, 6) is 1.16. The molecule has 0 aromatic heterocycles. The Bertz CT molecular complexity index is 383. The number of rotatable bonds is 1. The van der Waals surface area contributed by atoms with Crippen LogP contribution in [-0.2, 0) is 0 Å². The smallest absolute Gasteiger partial charge is 0.255 e. The summed E-state index contributed by atoms with van der Waals surface area (Å²) in [6, 6.07) is 7.58. The Balaban J connectivity index is 2.24. The highest BCUT2D eigenvalue weighted by molar-refractivity contribution is 9.10. The fraction of sp³-hybridized carbons (Fsp3) is 0.364. The maximum Gasteiger partial charge on any atom is 0.255 e. The van der Waals surface area contributed by atoms with E-state index in [-0.39, 0.29) is 5.91 Å². The highest BCUT2D eigenvalue weighted by Gasteiger charge is 2.27. The lowest BCUT2D eigenvalue weighted by atomic mass is 10.2. The topological polar surface area (TPSA) is 20.3 Å². The van der Waals surface area contributed by atoms with Crippen LogP contribution >= 0.6 is 27.7 Å². The number of benzene rings is 1. The predicted molar refractivity (Wildman–Crippen MR) is 67.1 cm³/mol. The molecule has 2 nitrogen and oxygen atoms in total. The molecule has 1 atom stereocenters. The number of carbonyl (C=O) groups excluding carboxylic acids is 1. The molecule has 1 saturated heterocycles. The van der Waals surface area contributed by atoms with Crippen LogP contribution in [0.1, 0.15) is 17.3 Å². The molecule has 1 heterocycles. The van der Waals surface area contributed by atoms with E-state index >= 15 is 0 Å². The van der Waals surface area contributed by atoms with Crippen LogP contribution < -0.4 is 0 Å². The quantitative estimate of drug-likeness (QED) is 0.791. The third-order valence-corrected chi connectivity index (χ3v) is 4.34. The lowest BCUT2D eigenvalue weighted by Gasteiger charge is -2.20. The van der Waals surface area contributed by atoms with Crippen LogP contribution in [0.3, 0.4) is 0 Å². The van der Waals surface area contributed by atoms with Crippen LogP contribution in [0.2, 0.25) is 0 Å². The number of hydrogen-bond acceptors (Lipinski definition) is 2. The van der Waals surface area contributed by atoms with Crippen LogP contribution in [-0.4, -0.2) is 28.5 Å². The molecule has 4 heteroatoms. The Morgan fingerprint density at radius 2 is 2.27 bits per heavy atom. The SMILES string of the molecule is CC1SCCN1C(=O)c1ccccc1Br. The minimum absolute atomic E-state index is 0.125.